The van der Waals surface area contributed by atoms with Crippen molar-refractivity contribution < 1.29 is 14.4 Å². The number of rotatable bonds is 6. The van der Waals surface area contributed by atoms with Gasteiger partial charge in [0.15, 0.2) is 0 Å². The van der Waals surface area contributed by atoms with Crippen LogP contribution in [0.3, 0.4) is 0 Å². The standard InChI is InChI=1S/C16H15N5O4/c17-8-12-2-5-19-16(15(12)21(22)23)20-9-11-1-4-18-14(7-11)25-13-3-6-24-10-13/h1-2,4-5,7,13H,3,6,9-10H2,(H,19,20). The van der Waals surface area contributed by atoms with E-state index in [9.17, 15) is 10.1 Å². The Bertz CT molecular complexity index is 814. The lowest BCUT2D eigenvalue weighted by Gasteiger charge is -2.12. The Morgan fingerprint density at radius 3 is 3.00 bits per heavy atom. The van der Waals surface area contributed by atoms with Crippen LogP contribution >= 0.6 is 0 Å². The number of nitriles is 1. The highest BCUT2D eigenvalue weighted by molar-refractivity contribution is 5.64. The molecule has 1 aliphatic heterocycles. The van der Waals surface area contributed by atoms with Gasteiger partial charge in [-0.3, -0.25) is 10.1 Å². The first-order valence-electron chi connectivity index (χ1n) is 7.64. The van der Waals surface area contributed by atoms with Crippen molar-refractivity contribution in [3.63, 3.8) is 0 Å². The summed E-state index contributed by atoms with van der Waals surface area (Å²) < 4.78 is 11.0. The fourth-order valence-electron chi connectivity index (χ4n) is 2.45. The van der Waals surface area contributed by atoms with Crippen molar-refractivity contribution in [2.45, 2.75) is 19.1 Å². The quantitative estimate of drug-likeness (QED) is 0.625. The molecule has 1 N–H and O–H groups in total. The highest BCUT2D eigenvalue weighted by Crippen LogP contribution is 2.26. The van der Waals surface area contributed by atoms with Crippen LogP contribution in [0.4, 0.5) is 11.5 Å². The molecule has 0 aliphatic carbocycles. The Balaban J connectivity index is 1.72. The van der Waals surface area contributed by atoms with E-state index in [1.807, 2.05) is 0 Å². The second kappa shape index (κ2) is 7.55. The topological polar surface area (TPSA) is 123 Å². The molecule has 0 radical (unpaired) electrons. The van der Waals surface area contributed by atoms with E-state index in [4.69, 9.17) is 14.7 Å². The van der Waals surface area contributed by atoms with Gasteiger partial charge in [0.2, 0.25) is 11.7 Å². The number of nitrogens with one attached hydrogen (secondary N) is 1. The van der Waals surface area contributed by atoms with Crippen molar-refractivity contribution in [2.24, 2.45) is 0 Å². The molecule has 9 nitrogen and oxygen atoms in total. The monoisotopic (exact) mass is 341 g/mol. The molecule has 0 aromatic carbocycles. The second-order valence-electron chi connectivity index (χ2n) is 5.38. The van der Waals surface area contributed by atoms with E-state index in [0.29, 0.717) is 19.1 Å². The molecule has 1 atom stereocenters. The average Bonchev–Trinajstić information content (AvgIpc) is 3.12. The van der Waals surface area contributed by atoms with Gasteiger partial charge >= 0.3 is 5.69 Å². The van der Waals surface area contributed by atoms with Gasteiger partial charge in [-0.2, -0.15) is 5.26 Å². The molecule has 1 unspecified atom stereocenters. The Kier molecular flexibility index (Phi) is 5.01. The third-order valence-corrected chi connectivity index (χ3v) is 3.66. The summed E-state index contributed by atoms with van der Waals surface area (Å²) in [6, 6.07) is 6.64. The van der Waals surface area contributed by atoms with Crippen molar-refractivity contribution in [1.29, 1.82) is 5.26 Å². The predicted octanol–water partition coefficient (Wildman–Crippen LogP) is 2.04. The lowest BCUT2D eigenvalue weighted by atomic mass is 10.2. The minimum Gasteiger partial charge on any atom is -0.472 e. The van der Waals surface area contributed by atoms with E-state index in [0.717, 1.165) is 12.0 Å². The summed E-state index contributed by atoms with van der Waals surface area (Å²) in [5.74, 6) is 0.524. The molecule has 1 saturated heterocycles. The number of nitro groups is 1. The summed E-state index contributed by atoms with van der Waals surface area (Å²) in [6.07, 6.45) is 3.78. The van der Waals surface area contributed by atoms with Crippen molar-refractivity contribution in [2.75, 3.05) is 18.5 Å². The number of hydrogen-bond donors (Lipinski definition) is 1. The molecule has 2 aromatic heterocycles. The fourth-order valence-corrected chi connectivity index (χ4v) is 2.45. The van der Waals surface area contributed by atoms with Crippen molar-refractivity contribution in [3.8, 4) is 11.9 Å². The van der Waals surface area contributed by atoms with Gasteiger partial charge in [0, 0.05) is 31.4 Å². The molecule has 1 fully saturated rings. The molecule has 128 valence electrons. The Hall–Kier alpha value is -3.25. The van der Waals surface area contributed by atoms with E-state index >= 15 is 0 Å². The average molecular weight is 341 g/mol. The lowest BCUT2D eigenvalue weighted by Crippen LogP contribution is -2.16. The van der Waals surface area contributed by atoms with Gasteiger partial charge in [-0.25, -0.2) is 9.97 Å². The normalized spacial score (nSPS) is 16.2. The van der Waals surface area contributed by atoms with Gasteiger partial charge in [-0.05, 0) is 17.7 Å². The van der Waals surface area contributed by atoms with E-state index in [1.54, 1.807) is 24.4 Å². The predicted molar refractivity (Wildman–Crippen MR) is 87.0 cm³/mol. The first kappa shape index (κ1) is 16.6. The molecule has 0 bridgehead atoms. The van der Waals surface area contributed by atoms with E-state index < -0.39 is 4.92 Å². The second-order valence-corrected chi connectivity index (χ2v) is 5.38. The van der Waals surface area contributed by atoms with Crippen LogP contribution in [0.15, 0.2) is 30.6 Å². The maximum absolute atomic E-state index is 11.2. The van der Waals surface area contributed by atoms with Crippen molar-refractivity contribution in [1.82, 2.24) is 9.97 Å². The lowest BCUT2D eigenvalue weighted by molar-refractivity contribution is -0.384. The number of ether oxygens (including phenoxy) is 2. The van der Waals surface area contributed by atoms with Crippen LogP contribution in [-0.2, 0) is 11.3 Å². The summed E-state index contributed by atoms with van der Waals surface area (Å²) in [6.45, 7) is 1.50. The Labute approximate surface area is 143 Å². The highest BCUT2D eigenvalue weighted by atomic mass is 16.6. The van der Waals surface area contributed by atoms with Gasteiger partial charge in [0.25, 0.3) is 0 Å². The molecule has 0 saturated carbocycles. The zero-order valence-corrected chi connectivity index (χ0v) is 13.2. The zero-order valence-electron chi connectivity index (χ0n) is 13.2. The number of pyridine rings is 2. The van der Waals surface area contributed by atoms with Gasteiger partial charge in [0.1, 0.15) is 17.7 Å². The highest BCUT2D eigenvalue weighted by Gasteiger charge is 2.21. The molecule has 25 heavy (non-hydrogen) atoms. The Morgan fingerprint density at radius 1 is 1.44 bits per heavy atom. The fraction of sp³-hybridized carbons (Fsp3) is 0.312. The van der Waals surface area contributed by atoms with Crippen LogP contribution in [0.5, 0.6) is 5.88 Å². The first-order valence-corrected chi connectivity index (χ1v) is 7.64. The molecule has 3 heterocycles. The molecule has 2 aromatic rings. The number of anilines is 1. The first-order chi connectivity index (χ1) is 12.2. The number of nitrogens with zero attached hydrogens (tertiary/aromatic N) is 4. The minimum atomic E-state index is -0.616. The number of aromatic nitrogens is 2. The van der Waals surface area contributed by atoms with Crippen LogP contribution in [-0.4, -0.2) is 34.2 Å². The van der Waals surface area contributed by atoms with Crippen LogP contribution in [0, 0.1) is 21.4 Å². The van der Waals surface area contributed by atoms with Gasteiger partial charge in [-0.15, -0.1) is 0 Å². The van der Waals surface area contributed by atoms with E-state index in [2.05, 4.69) is 15.3 Å². The molecule has 9 heteroatoms. The van der Waals surface area contributed by atoms with Crippen LogP contribution in [0.1, 0.15) is 17.5 Å². The molecular formula is C16H15N5O4. The smallest absolute Gasteiger partial charge is 0.328 e. The maximum Gasteiger partial charge on any atom is 0.328 e. The minimum absolute atomic E-state index is 0.00854. The van der Waals surface area contributed by atoms with Gasteiger partial charge < -0.3 is 14.8 Å². The summed E-state index contributed by atoms with van der Waals surface area (Å²) >= 11 is 0. The van der Waals surface area contributed by atoms with Gasteiger partial charge in [0.05, 0.1) is 18.1 Å². The van der Waals surface area contributed by atoms with Crippen molar-refractivity contribution in [3.05, 3.63) is 51.8 Å². The molecule has 0 amide bonds. The van der Waals surface area contributed by atoms with Gasteiger partial charge in [-0.1, -0.05) is 0 Å². The maximum atomic E-state index is 11.2. The molecule has 1 aliphatic rings. The largest absolute Gasteiger partial charge is 0.472 e. The molecular weight excluding hydrogens is 326 g/mol. The van der Waals surface area contributed by atoms with Crippen molar-refractivity contribution >= 4 is 11.5 Å². The number of hydrogen-bond acceptors (Lipinski definition) is 8. The summed E-state index contributed by atoms with van der Waals surface area (Å²) in [7, 11) is 0. The summed E-state index contributed by atoms with van der Waals surface area (Å²) in [5, 5.41) is 23.1. The molecule has 0 spiro atoms. The van der Waals surface area contributed by atoms with Crippen LogP contribution in [0.25, 0.3) is 0 Å². The molecule has 3 rings (SSSR count). The summed E-state index contributed by atoms with van der Waals surface area (Å²) in [4.78, 5) is 18.7. The van der Waals surface area contributed by atoms with Crippen LogP contribution < -0.4 is 10.1 Å². The third-order valence-electron chi connectivity index (χ3n) is 3.66. The zero-order chi connectivity index (χ0) is 17.6. The van der Waals surface area contributed by atoms with E-state index in [1.165, 1.54) is 12.3 Å². The van der Waals surface area contributed by atoms with Crippen LogP contribution in [0.2, 0.25) is 0 Å². The Morgan fingerprint density at radius 2 is 2.28 bits per heavy atom. The summed E-state index contributed by atoms with van der Waals surface area (Å²) in [5.41, 5.74) is 0.448. The SMILES string of the molecule is N#Cc1ccnc(NCc2ccnc(OC3CCOC3)c2)c1[N+](=O)[O-]. The third kappa shape index (κ3) is 3.99. The van der Waals surface area contributed by atoms with E-state index in [-0.39, 0.29) is 29.7 Å².